The minimum Gasteiger partial charge on any atom is -0.327 e. The van der Waals surface area contributed by atoms with E-state index in [-0.39, 0.29) is 6.04 Å². The predicted octanol–water partition coefficient (Wildman–Crippen LogP) is 3.35. The van der Waals surface area contributed by atoms with Gasteiger partial charge in [-0.05, 0) is 42.2 Å². The fourth-order valence-electron chi connectivity index (χ4n) is 2.54. The second kappa shape index (κ2) is 5.85. The van der Waals surface area contributed by atoms with E-state index in [2.05, 4.69) is 53.5 Å². The van der Waals surface area contributed by atoms with Crippen molar-refractivity contribution in [2.75, 3.05) is 0 Å². The number of fused-ring (bicyclic) bond motifs is 1. The van der Waals surface area contributed by atoms with Gasteiger partial charge in [0.2, 0.25) is 0 Å². The van der Waals surface area contributed by atoms with Gasteiger partial charge in [-0.15, -0.1) is 0 Å². The largest absolute Gasteiger partial charge is 0.327 e. The Morgan fingerprint density at radius 1 is 0.850 bits per heavy atom. The van der Waals surface area contributed by atoms with Crippen LogP contribution in [0.1, 0.15) is 11.1 Å². The minimum absolute atomic E-state index is 0.145. The summed E-state index contributed by atoms with van der Waals surface area (Å²) in [6.07, 6.45) is 3.62. The Balaban J connectivity index is 1.72. The van der Waals surface area contributed by atoms with E-state index >= 15 is 0 Å². The molecule has 1 heterocycles. The van der Waals surface area contributed by atoms with Gasteiger partial charge in [0.1, 0.15) is 0 Å². The lowest BCUT2D eigenvalue weighted by Crippen LogP contribution is -2.25. The van der Waals surface area contributed by atoms with Crippen LogP contribution in [0, 0.1) is 0 Å². The van der Waals surface area contributed by atoms with Crippen molar-refractivity contribution in [1.29, 1.82) is 0 Å². The molecule has 0 aliphatic rings. The van der Waals surface area contributed by atoms with Gasteiger partial charge in [0.05, 0.1) is 5.52 Å². The first kappa shape index (κ1) is 12.8. The molecule has 0 radical (unpaired) electrons. The summed E-state index contributed by atoms with van der Waals surface area (Å²) < 4.78 is 0. The summed E-state index contributed by atoms with van der Waals surface area (Å²) >= 11 is 0. The van der Waals surface area contributed by atoms with Crippen LogP contribution in [-0.2, 0) is 12.8 Å². The Morgan fingerprint density at radius 2 is 1.65 bits per heavy atom. The second-order valence-electron chi connectivity index (χ2n) is 5.18. The lowest BCUT2D eigenvalue weighted by Gasteiger charge is -2.12. The maximum absolute atomic E-state index is 6.27. The number of pyridine rings is 1. The van der Waals surface area contributed by atoms with Gasteiger partial charge >= 0.3 is 0 Å². The van der Waals surface area contributed by atoms with Gasteiger partial charge in [0, 0.05) is 17.6 Å². The van der Waals surface area contributed by atoms with Gasteiger partial charge in [0.25, 0.3) is 0 Å². The fourth-order valence-corrected chi connectivity index (χ4v) is 2.54. The molecule has 100 valence electrons. The van der Waals surface area contributed by atoms with Crippen LogP contribution in [0.4, 0.5) is 0 Å². The van der Waals surface area contributed by atoms with Crippen LogP contribution in [0.2, 0.25) is 0 Å². The molecule has 3 rings (SSSR count). The van der Waals surface area contributed by atoms with Gasteiger partial charge in [-0.1, -0.05) is 42.5 Å². The van der Waals surface area contributed by atoms with Crippen LogP contribution in [0.3, 0.4) is 0 Å². The molecule has 2 aromatic carbocycles. The third kappa shape index (κ3) is 3.03. The average Bonchev–Trinajstić information content (AvgIpc) is 2.48. The standard InChI is InChI=1S/C18H18N2/c19-17(12-14-5-2-1-3-6-14)13-15-8-9-18-16(11-15)7-4-10-20-18/h1-11,17H,12-13,19H2. The fraction of sp³-hybridized carbons (Fsp3) is 0.167. The third-order valence-corrected chi connectivity index (χ3v) is 3.51. The molecule has 0 spiro atoms. The van der Waals surface area contributed by atoms with Crippen LogP contribution < -0.4 is 5.73 Å². The Bertz CT molecular complexity index is 692. The molecule has 3 aromatic rings. The highest BCUT2D eigenvalue weighted by molar-refractivity contribution is 5.78. The number of benzene rings is 2. The minimum atomic E-state index is 0.145. The molecule has 2 N–H and O–H groups in total. The summed E-state index contributed by atoms with van der Waals surface area (Å²) in [5.74, 6) is 0. The van der Waals surface area contributed by atoms with E-state index in [1.807, 2.05) is 18.3 Å². The van der Waals surface area contributed by atoms with Crippen LogP contribution in [0.15, 0.2) is 66.9 Å². The number of hydrogen-bond donors (Lipinski definition) is 1. The van der Waals surface area contributed by atoms with Crippen LogP contribution in [-0.4, -0.2) is 11.0 Å². The Hall–Kier alpha value is -2.19. The molecule has 1 unspecified atom stereocenters. The molecular formula is C18H18N2. The lowest BCUT2D eigenvalue weighted by molar-refractivity contribution is 0.665. The van der Waals surface area contributed by atoms with E-state index < -0.39 is 0 Å². The highest BCUT2D eigenvalue weighted by atomic mass is 14.6. The smallest absolute Gasteiger partial charge is 0.0702 e. The highest BCUT2D eigenvalue weighted by Gasteiger charge is 2.06. The molecule has 0 aliphatic heterocycles. The Kier molecular flexibility index (Phi) is 3.75. The number of rotatable bonds is 4. The zero-order chi connectivity index (χ0) is 13.8. The summed E-state index contributed by atoms with van der Waals surface area (Å²) in [6.45, 7) is 0. The summed E-state index contributed by atoms with van der Waals surface area (Å²) in [4.78, 5) is 4.34. The Morgan fingerprint density at radius 3 is 2.50 bits per heavy atom. The molecule has 0 bridgehead atoms. The van der Waals surface area contributed by atoms with Gasteiger partial charge in [-0.25, -0.2) is 0 Å². The van der Waals surface area contributed by atoms with Crippen LogP contribution in [0.5, 0.6) is 0 Å². The monoisotopic (exact) mass is 262 g/mol. The number of nitrogens with two attached hydrogens (primary N) is 1. The second-order valence-corrected chi connectivity index (χ2v) is 5.18. The molecule has 0 fully saturated rings. The van der Waals surface area contributed by atoms with E-state index in [0.29, 0.717) is 0 Å². The molecule has 0 saturated heterocycles. The average molecular weight is 262 g/mol. The molecule has 1 aromatic heterocycles. The van der Waals surface area contributed by atoms with Crippen molar-refractivity contribution in [3.05, 3.63) is 78.0 Å². The van der Waals surface area contributed by atoms with Crippen molar-refractivity contribution in [2.45, 2.75) is 18.9 Å². The van der Waals surface area contributed by atoms with Gasteiger partial charge < -0.3 is 5.73 Å². The first-order chi connectivity index (χ1) is 9.81. The molecular weight excluding hydrogens is 244 g/mol. The van der Waals surface area contributed by atoms with Crippen molar-refractivity contribution in [1.82, 2.24) is 4.98 Å². The zero-order valence-electron chi connectivity index (χ0n) is 11.4. The molecule has 0 saturated carbocycles. The Labute approximate surface area is 119 Å². The van der Waals surface area contributed by atoms with Crippen molar-refractivity contribution in [2.24, 2.45) is 5.73 Å². The molecule has 0 aliphatic carbocycles. The maximum atomic E-state index is 6.27. The first-order valence-corrected chi connectivity index (χ1v) is 6.94. The van der Waals surface area contributed by atoms with E-state index in [1.54, 1.807) is 0 Å². The maximum Gasteiger partial charge on any atom is 0.0702 e. The first-order valence-electron chi connectivity index (χ1n) is 6.94. The summed E-state index contributed by atoms with van der Waals surface area (Å²) in [6, 6.07) is 21.0. The van der Waals surface area contributed by atoms with Crippen molar-refractivity contribution < 1.29 is 0 Å². The number of aromatic nitrogens is 1. The summed E-state index contributed by atoms with van der Waals surface area (Å²) in [5, 5.41) is 1.18. The highest BCUT2D eigenvalue weighted by Crippen LogP contribution is 2.15. The molecule has 2 heteroatoms. The van der Waals surface area contributed by atoms with E-state index in [9.17, 15) is 0 Å². The van der Waals surface area contributed by atoms with E-state index in [0.717, 1.165) is 18.4 Å². The van der Waals surface area contributed by atoms with Crippen molar-refractivity contribution >= 4 is 10.9 Å². The zero-order valence-corrected chi connectivity index (χ0v) is 11.4. The molecule has 20 heavy (non-hydrogen) atoms. The topological polar surface area (TPSA) is 38.9 Å². The van der Waals surface area contributed by atoms with E-state index in [1.165, 1.54) is 16.5 Å². The quantitative estimate of drug-likeness (QED) is 0.783. The van der Waals surface area contributed by atoms with Crippen LogP contribution in [0.25, 0.3) is 10.9 Å². The summed E-state index contributed by atoms with van der Waals surface area (Å²) in [7, 11) is 0. The number of hydrogen-bond acceptors (Lipinski definition) is 2. The van der Waals surface area contributed by atoms with Gasteiger partial charge in [-0.2, -0.15) is 0 Å². The van der Waals surface area contributed by atoms with Crippen molar-refractivity contribution in [3.8, 4) is 0 Å². The predicted molar refractivity (Wildman–Crippen MR) is 83.6 cm³/mol. The molecule has 1 atom stereocenters. The third-order valence-electron chi connectivity index (χ3n) is 3.51. The molecule has 0 amide bonds. The van der Waals surface area contributed by atoms with Crippen LogP contribution >= 0.6 is 0 Å². The molecule has 2 nitrogen and oxygen atoms in total. The van der Waals surface area contributed by atoms with Crippen molar-refractivity contribution in [3.63, 3.8) is 0 Å². The SMILES string of the molecule is NC(Cc1ccccc1)Cc1ccc2ncccc2c1. The van der Waals surface area contributed by atoms with Gasteiger partial charge in [-0.3, -0.25) is 4.98 Å². The normalized spacial score (nSPS) is 12.4. The summed E-state index contributed by atoms with van der Waals surface area (Å²) in [5.41, 5.74) is 9.87. The van der Waals surface area contributed by atoms with E-state index in [4.69, 9.17) is 5.73 Å². The van der Waals surface area contributed by atoms with Gasteiger partial charge in [0.15, 0.2) is 0 Å². The number of nitrogens with zero attached hydrogens (tertiary/aromatic N) is 1. The lowest BCUT2D eigenvalue weighted by atomic mass is 9.99.